The van der Waals surface area contributed by atoms with Gasteiger partial charge in [0.05, 0.1) is 17.7 Å². The summed E-state index contributed by atoms with van der Waals surface area (Å²) in [5.41, 5.74) is 5.58. The molecule has 0 amide bonds. The summed E-state index contributed by atoms with van der Waals surface area (Å²) in [5, 5.41) is 13.0. The van der Waals surface area contributed by atoms with Crippen LogP contribution in [0.1, 0.15) is 75.9 Å². The van der Waals surface area contributed by atoms with Gasteiger partial charge in [-0.2, -0.15) is 0 Å². The van der Waals surface area contributed by atoms with E-state index < -0.39 is 6.10 Å². The number of carbonyl (C=O) groups excluding carboxylic acids is 1. The van der Waals surface area contributed by atoms with Crippen LogP contribution in [0.2, 0.25) is 0 Å². The second-order valence-electron chi connectivity index (χ2n) is 12.6. The van der Waals surface area contributed by atoms with E-state index in [9.17, 15) is 9.90 Å². The molecule has 7 heteroatoms. The maximum atomic E-state index is 12.0. The van der Waals surface area contributed by atoms with E-state index in [0.717, 1.165) is 50.0 Å². The number of aromatic nitrogens is 1. The largest absolute Gasteiger partial charge is 0.490 e. The van der Waals surface area contributed by atoms with Crippen molar-refractivity contribution in [1.82, 2.24) is 4.98 Å². The number of aliphatic hydroxyl groups excluding tert-OH is 1. The van der Waals surface area contributed by atoms with E-state index in [-0.39, 0.29) is 23.5 Å². The second-order valence-corrected chi connectivity index (χ2v) is 12.6. The van der Waals surface area contributed by atoms with Crippen LogP contribution in [0, 0.1) is 11.8 Å². The first kappa shape index (κ1) is 30.2. The number of H-pyrrole nitrogens is 1. The zero-order chi connectivity index (χ0) is 29.7. The molecule has 0 aliphatic heterocycles. The summed E-state index contributed by atoms with van der Waals surface area (Å²) in [5.74, 6) is 1.97. The molecule has 4 N–H and O–H groups in total. The van der Waals surface area contributed by atoms with Crippen molar-refractivity contribution in [1.29, 1.82) is 0 Å². The van der Waals surface area contributed by atoms with Crippen LogP contribution in [-0.4, -0.2) is 53.6 Å². The molecule has 0 spiro atoms. The fraction of sp³-hybridized carbons (Fsp3) is 0.514. The highest BCUT2D eigenvalue weighted by Crippen LogP contribution is 2.35. The van der Waals surface area contributed by atoms with Crippen molar-refractivity contribution >= 4 is 17.8 Å². The summed E-state index contributed by atoms with van der Waals surface area (Å²) < 4.78 is 17.5. The van der Waals surface area contributed by atoms with Gasteiger partial charge in [-0.15, -0.1) is 0 Å². The minimum Gasteiger partial charge on any atom is -0.490 e. The molecule has 4 atom stereocenters. The molecule has 1 aromatic heterocycles. The van der Waals surface area contributed by atoms with E-state index in [2.05, 4.69) is 67.5 Å². The molecule has 4 aliphatic rings. The van der Waals surface area contributed by atoms with Gasteiger partial charge in [-0.1, -0.05) is 31.2 Å². The van der Waals surface area contributed by atoms with Gasteiger partial charge >= 0.3 is 5.97 Å². The Morgan fingerprint density at radius 1 is 1.14 bits per heavy atom. The molecule has 0 radical (unpaired) electrons. The molecule has 42 heavy (non-hydrogen) atoms. The van der Waals surface area contributed by atoms with Crippen LogP contribution in [0.5, 0.6) is 0 Å². The number of hydrogen-bond donors (Lipinski definition) is 3. The molecule has 7 nitrogen and oxygen atoms in total. The quantitative estimate of drug-likeness (QED) is 0.308. The number of aliphatic hydroxyl groups is 1. The van der Waals surface area contributed by atoms with Gasteiger partial charge in [-0.3, -0.25) is 0 Å². The highest BCUT2D eigenvalue weighted by atomic mass is 16.5. The lowest BCUT2D eigenvalue weighted by molar-refractivity contribution is -0.727. The Hall–Kier alpha value is -3.29. The number of hydrogen-bond acceptors (Lipinski definition) is 5. The van der Waals surface area contributed by atoms with Gasteiger partial charge in [0.15, 0.2) is 0 Å². The summed E-state index contributed by atoms with van der Waals surface area (Å²) in [6.45, 7) is 9.58. The van der Waals surface area contributed by atoms with E-state index in [1.54, 1.807) is 6.08 Å². The van der Waals surface area contributed by atoms with Gasteiger partial charge in [0.1, 0.15) is 36.9 Å². The van der Waals surface area contributed by atoms with Crippen LogP contribution in [0.3, 0.4) is 0 Å². The average molecular weight is 576 g/mol. The van der Waals surface area contributed by atoms with E-state index in [0.29, 0.717) is 31.2 Å². The van der Waals surface area contributed by atoms with Gasteiger partial charge in [-0.25, -0.2) is 4.79 Å². The third kappa shape index (κ3) is 7.37. The van der Waals surface area contributed by atoms with Crippen molar-refractivity contribution in [2.24, 2.45) is 11.8 Å². The number of esters is 1. The molecule has 5 rings (SSSR count). The Morgan fingerprint density at radius 2 is 1.98 bits per heavy atom. The fourth-order valence-electron chi connectivity index (χ4n) is 6.30. The summed E-state index contributed by atoms with van der Waals surface area (Å²) in [7, 11) is 0. The van der Waals surface area contributed by atoms with Crippen molar-refractivity contribution < 1.29 is 29.4 Å². The lowest BCUT2D eigenvalue weighted by atomic mass is 9.86. The highest BCUT2D eigenvalue weighted by Gasteiger charge is 2.29. The Kier molecular flexibility index (Phi) is 9.59. The zero-order valence-corrected chi connectivity index (χ0v) is 25.5. The minimum absolute atomic E-state index is 0.0289. The number of nitrogens with one attached hydrogen (secondary N) is 1. The van der Waals surface area contributed by atoms with E-state index in [1.165, 1.54) is 22.5 Å². The van der Waals surface area contributed by atoms with Crippen LogP contribution in [0.25, 0.3) is 11.8 Å². The number of aromatic amines is 1. The second kappa shape index (κ2) is 13.3. The zero-order valence-electron chi connectivity index (χ0n) is 25.5. The number of nitrogens with two attached hydrogens (primary N) is 1. The van der Waals surface area contributed by atoms with Crippen molar-refractivity contribution in [2.45, 2.75) is 84.0 Å². The number of aryl methyl sites for hydroxylation is 2. The predicted octanol–water partition coefficient (Wildman–Crippen LogP) is 4.91. The number of quaternary nitrogens is 1. The average Bonchev–Trinajstić information content (AvgIpc) is 3.36. The molecule has 0 bridgehead atoms. The molecule has 0 saturated carbocycles. The Balaban J connectivity index is 1.05. The SMILES string of the molecule is CCOC(=O)C1=CC(C)C(OC2=CCC(CC(C)(C)[NH2+]CC(O)COC3=CCCc4[nH]c5c(c43)C=CCC5)C=C2)C=C1. The third-order valence-corrected chi connectivity index (χ3v) is 8.54. The van der Waals surface area contributed by atoms with Gasteiger partial charge in [-0.05, 0) is 89.2 Å². The first-order valence-corrected chi connectivity index (χ1v) is 15.6. The van der Waals surface area contributed by atoms with Gasteiger partial charge in [0.25, 0.3) is 0 Å². The maximum Gasteiger partial charge on any atom is 0.337 e. The molecular weight excluding hydrogens is 528 g/mol. The van der Waals surface area contributed by atoms with Crippen LogP contribution in [-0.2, 0) is 31.8 Å². The lowest BCUT2D eigenvalue weighted by Gasteiger charge is -2.29. The summed E-state index contributed by atoms with van der Waals surface area (Å²) in [6, 6.07) is 0. The van der Waals surface area contributed by atoms with Crippen LogP contribution in [0.4, 0.5) is 0 Å². The van der Waals surface area contributed by atoms with Crippen LogP contribution < -0.4 is 5.32 Å². The Bertz CT molecular complexity index is 1320. The molecule has 4 unspecified atom stereocenters. The lowest BCUT2D eigenvalue weighted by Crippen LogP contribution is -2.97. The number of carbonyl (C=O) groups is 1. The first-order chi connectivity index (χ1) is 20.2. The molecule has 0 saturated heterocycles. The van der Waals surface area contributed by atoms with Crippen molar-refractivity contribution in [3.63, 3.8) is 0 Å². The number of allylic oxidation sites excluding steroid dienone is 5. The fourth-order valence-corrected chi connectivity index (χ4v) is 6.30. The number of rotatable bonds is 12. The monoisotopic (exact) mass is 575 g/mol. The highest BCUT2D eigenvalue weighted by molar-refractivity contribution is 5.91. The predicted molar refractivity (Wildman–Crippen MR) is 165 cm³/mol. The maximum absolute atomic E-state index is 12.0. The third-order valence-electron chi connectivity index (χ3n) is 8.54. The van der Waals surface area contributed by atoms with Gasteiger partial charge in [0.2, 0.25) is 0 Å². The Labute approximate surface area is 250 Å². The standard InChI is InChI=1S/C35H46N2O5/c1-5-40-34(39)25-15-18-31(23(2)19-25)42-27-16-13-24(14-17-27)20-35(3,4)36-21-26(38)22-41-32-12-8-11-30-33(32)28-9-6-7-10-29(28)37-30/h6,9,12-13,15-19,23-24,26,31,36-38H,5,7-8,10-11,14,20-22H2,1-4H3/p+1. The van der Waals surface area contributed by atoms with Crippen molar-refractivity contribution in [3.8, 4) is 0 Å². The minimum atomic E-state index is -0.549. The smallest absolute Gasteiger partial charge is 0.337 e. The van der Waals surface area contributed by atoms with E-state index >= 15 is 0 Å². The molecule has 226 valence electrons. The molecule has 4 aliphatic carbocycles. The van der Waals surface area contributed by atoms with Crippen molar-refractivity contribution in [3.05, 3.63) is 82.5 Å². The van der Waals surface area contributed by atoms with Gasteiger partial charge in [0, 0.05) is 34.9 Å². The molecule has 0 fully saturated rings. The molecule has 1 aromatic rings. The summed E-state index contributed by atoms with van der Waals surface area (Å²) in [6.07, 6.45) is 24.1. The summed E-state index contributed by atoms with van der Waals surface area (Å²) >= 11 is 0. The van der Waals surface area contributed by atoms with E-state index in [1.807, 2.05) is 19.1 Å². The normalized spacial score (nSPS) is 23.7. The van der Waals surface area contributed by atoms with E-state index in [4.69, 9.17) is 14.2 Å². The topological polar surface area (TPSA) is 97.4 Å². The summed E-state index contributed by atoms with van der Waals surface area (Å²) in [4.78, 5) is 15.6. The molecule has 0 aromatic carbocycles. The van der Waals surface area contributed by atoms with Gasteiger partial charge < -0.3 is 29.6 Å². The number of fused-ring (bicyclic) bond motifs is 3. The number of ether oxygens (including phenoxy) is 3. The molecular formula is C35H47N2O5+. The van der Waals surface area contributed by atoms with Crippen LogP contribution >= 0.6 is 0 Å². The molecule has 1 heterocycles. The Morgan fingerprint density at radius 3 is 2.74 bits per heavy atom. The van der Waals surface area contributed by atoms with Crippen LogP contribution in [0.15, 0.2) is 59.9 Å². The van der Waals surface area contributed by atoms with Crippen molar-refractivity contribution in [2.75, 3.05) is 19.8 Å². The first-order valence-electron chi connectivity index (χ1n) is 15.6.